The minimum Gasteiger partial charge on any atom is -0.332 e. The smallest absolute Gasteiger partial charge is 0.249 e. The van der Waals surface area contributed by atoms with Gasteiger partial charge in [0.15, 0.2) is 0 Å². The molecular formula is C15H18FN3O2S. The van der Waals surface area contributed by atoms with Crippen LogP contribution >= 0.6 is 11.8 Å². The maximum absolute atomic E-state index is 13.9. The van der Waals surface area contributed by atoms with Gasteiger partial charge >= 0.3 is 0 Å². The molecule has 1 unspecified atom stereocenters. The average molecular weight is 323 g/mol. The van der Waals surface area contributed by atoms with E-state index >= 15 is 0 Å². The standard InChI is InChI=1S/C15H18FN3O2S/c1-18(14(20)11-8-22-9-17-11)13-6-7-19(15(13)21)12-5-3-2-4-10(12)16/h2-5,11,13,17H,6-9H2,1H3/t11-,13?/m1/s1. The summed E-state index contributed by atoms with van der Waals surface area (Å²) in [5.41, 5.74) is 0.283. The Bertz CT molecular complexity index is 592. The van der Waals surface area contributed by atoms with Gasteiger partial charge in [-0.3, -0.25) is 14.9 Å². The molecule has 1 aromatic rings. The van der Waals surface area contributed by atoms with Crippen molar-refractivity contribution in [3.05, 3.63) is 30.1 Å². The maximum atomic E-state index is 13.9. The third kappa shape index (κ3) is 2.70. The van der Waals surface area contributed by atoms with Gasteiger partial charge in [0.05, 0.1) is 11.7 Å². The predicted octanol–water partition coefficient (Wildman–Crippen LogP) is 1.05. The van der Waals surface area contributed by atoms with E-state index in [1.807, 2.05) is 0 Å². The van der Waals surface area contributed by atoms with Crippen LogP contribution in [0.4, 0.5) is 10.1 Å². The van der Waals surface area contributed by atoms with Gasteiger partial charge in [0, 0.05) is 25.2 Å². The second-order valence-electron chi connectivity index (χ2n) is 5.47. The van der Waals surface area contributed by atoms with Crippen LogP contribution in [0.1, 0.15) is 6.42 Å². The average Bonchev–Trinajstić information content (AvgIpc) is 3.16. The monoisotopic (exact) mass is 323 g/mol. The van der Waals surface area contributed by atoms with Crippen LogP contribution in [0.3, 0.4) is 0 Å². The molecule has 0 aliphatic carbocycles. The van der Waals surface area contributed by atoms with Crippen molar-refractivity contribution >= 4 is 29.3 Å². The van der Waals surface area contributed by atoms with Crippen LogP contribution in [0.5, 0.6) is 0 Å². The highest BCUT2D eigenvalue weighted by atomic mass is 32.2. The maximum Gasteiger partial charge on any atom is 0.249 e. The summed E-state index contributed by atoms with van der Waals surface area (Å²) in [4.78, 5) is 27.9. The molecule has 0 spiro atoms. The van der Waals surface area contributed by atoms with Crippen molar-refractivity contribution in [2.75, 3.05) is 30.1 Å². The molecule has 5 nitrogen and oxygen atoms in total. The zero-order valence-electron chi connectivity index (χ0n) is 12.3. The number of thioether (sulfide) groups is 1. The molecule has 2 aliphatic rings. The van der Waals surface area contributed by atoms with Crippen LogP contribution in [0.2, 0.25) is 0 Å². The van der Waals surface area contributed by atoms with Gasteiger partial charge in [0.2, 0.25) is 11.8 Å². The highest BCUT2D eigenvalue weighted by Crippen LogP contribution is 2.26. The molecule has 2 fully saturated rings. The molecule has 0 aromatic heterocycles. The van der Waals surface area contributed by atoms with Crippen LogP contribution in [-0.2, 0) is 9.59 Å². The molecule has 3 rings (SSSR count). The van der Waals surface area contributed by atoms with Gasteiger partial charge < -0.3 is 9.80 Å². The molecule has 0 saturated carbocycles. The van der Waals surface area contributed by atoms with Gasteiger partial charge in [-0.2, -0.15) is 0 Å². The van der Waals surface area contributed by atoms with E-state index in [0.717, 1.165) is 11.6 Å². The third-order valence-electron chi connectivity index (χ3n) is 4.15. The highest BCUT2D eigenvalue weighted by Gasteiger charge is 2.39. The largest absolute Gasteiger partial charge is 0.332 e. The van der Waals surface area contributed by atoms with Gasteiger partial charge in [-0.05, 0) is 18.6 Å². The summed E-state index contributed by atoms with van der Waals surface area (Å²) in [6.45, 7) is 0.425. The molecule has 2 heterocycles. The fourth-order valence-corrected chi connectivity index (χ4v) is 3.82. The Balaban J connectivity index is 1.73. The first-order valence-electron chi connectivity index (χ1n) is 7.23. The molecule has 1 N–H and O–H groups in total. The molecule has 2 aliphatic heterocycles. The number of nitrogens with one attached hydrogen (secondary N) is 1. The summed E-state index contributed by atoms with van der Waals surface area (Å²) in [5.74, 6) is 0.773. The number of anilines is 1. The molecule has 2 saturated heterocycles. The van der Waals surface area contributed by atoms with Crippen molar-refractivity contribution < 1.29 is 14.0 Å². The lowest BCUT2D eigenvalue weighted by Crippen LogP contribution is -2.50. The number of benzene rings is 1. The van der Waals surface area contributed by atoms with Crippen molar-refractivity contribution in [3.63, 3.8) is 0 Å². The summed E-state index contributed by atoms with van der Waals surface area (Å²) in [6, 6.07) is 5.48. The summed E-state index contributed by atoms with van der Waals surface area (Å²) in [7, 11) is 1.65. The Morgan fingerprint density at radius 1 is 1.45 bits per heavy atom. The Morgan fingerprint density at radius 2 is 2.23 bits per heavy atom. The first-order valence-corrected chi connectivity index (χ1v) is 8.39. The minimum atomic E-state index is -0.514. The summed E-state index contributed by atoms with van der Waals surface area (Å²) in [6.07, 6.45) is 0.523. The number of likely N-dealkylation sites (N-methyl/N-ethyl adjacent to an activating group) is 1. The third-order valence-corrected chi connectivity index (χ3v) is 5.09. The number of hydrogen-bond acceptors (Lipinski definition) is 4. The number of rotatable bonds is 3. The van der Waals surface area contributed by atoms with Crippen molar-refractivity contribution in [2.24, 2.45) is 0 Å². The molecule has 2 amide bonds. The second kappa shape index (κ2) is 6.26. The Hall–Kier alpha value is -1.60. The highest BCUT2D eigenvalue weighted by molar-refractivity contribution is 7.99. The molecule has 2 atom stereocenters. The second-order valence-corrected chi connectivity index (χ2v) is 6.50. The van der Waals surface area contributed by atoms with E-state index in [2.05, 4.69) is 5.32 Å². The first-order chi connectivity index (χ1) is 10.6. The van der Waals surface area contributed by atoms with E-state index in [1.54, 1.807) is 37.0 Å². The van der Waals surface area contributed by atoms with Gasteiger partial charge in [0.25, 0.3) is 0 Å². The number of hydrogen-bond donors (Lipinski definition) is 1. The van der Waals surface area contributed by atoms with Gasteiger partial charge in [-0.1, -0.05) is 12.1 Å². The fraction of sp³-hybridized carbons (Fsp3) is 0.467. The Morgan fingerprint density at radius 3 is 2.91 bits per heavy atom. The van der Waals surface area contributed by atoms with Crippen molar-refractivity contribution in [3.8, 4) is 0 Å². The van der Waals surface area contributed by atoms with Gasteiger partial charge in [0.1, 0.15) is 11.9 Å². The number of halogens is 1. The minimum absolute atomic E-state index is 0.0706. The van der Waals surface area contributed by atoms with Crippen molar-refractivity contribution in [1.82, 2.24) is 10.2 Å². The molecule has 118 valence electrons. The topological polar surface area (TPSA) is 52.7 Å². The number of carbonyl (C=O) groups excluding carboxylic acids is 2. The molecule has 22 heavy (non-hydrogen) atoms. The lowest BCUT2D eigenvalue weighted by molar-refractivity contribution is -0.137. The molecule has 0 bridgehead atoms. The summed E-state index contributed by atoms with van der Waals surface area (Å²) in [5, 5.41) is 3.11. The quantitative estimate of drug-likeness (QED) is 0.903. The molecule has 7 heteroatoms. The summed E-state index contributed by atoms with van der Waals surface area (Å²) >= 11 is 1.67. The van der Waals surface area contributed by atoms with Gasteiger partial charge in [-0.25, -0.2) is 4.39 Å². The number of nitrogens with zero attached hydrogens (tertiary/aromatic N) is 2. The van der Waals surface area contributed by atoms with Crippen LogP contribution in [0.25, 0.3) is 0 Å². The van der Waals surface area contributed by atoms with Crippen LogP contribution in [0.15, 0.2) is 24.3 Å². The number of carbonyl (C=O) groups is 2. The van der Waals surface area contributed by atoms with E-state index < -0.39 is 11.9 Å². The SMILES string of the molecule is CN(C(=O)[C@H]1CSCN1)C1CCN(c2ccccc2F)C1=O. The van der Waals surface area contributed by atoms with E-state index in [0.29, 0.717) is 13.0 Å². The van der Waals surface area contributed by atoms with Crippen LogP contribution < -0.4 is 10.2 Å². The Kier molecular flexibility index (Phi) is 4.35. The molecule has 1 aromatic carbocycles. The zero-order chi connectivity index (χ0) is 15.7. The Labute approximate surface area is 132 Å². The van der Waals surface area contributed by atoms with Crippen LogP contribution in [-0.4, -0.2) is 54.0 Å². The fourth-order valence-electron chi connectivity index (χ4n) is 2.89. The number of para-hydroxylation sites is 1. The zero-order valence-corrected chi connectivity index (χ0v) is 13.1. The molecular weight excluding hydrogens is 305 g/mol. The van der Waals surface area contributed by atoms with Gasteiger partial charge in [-0.15, -0.1) is 11.8 Å². The van der Waals surface area contributed by atoms with E-state index in [4.69, 9.17) is 0 Å². The van der Waals surface area contributed by atoms with Crippen LogP contribution in [0, 0.1) is 5.82 Å². The van der Waals surface area contributed by atoms with Crippen molar-refractivity contribution in [2.45, 2.75) is 18.5 Å². The van der Waals surface area contributed by atoms with E-state index in [-0.39, 0.29) is 23.5 Å². The normalized spacial score (nSPS) is 24.8. The summed E-state index contributed by atoms with van der Waals surface area (Å²) < 4.78 is 13.9. The first kappa shape index (κ1) is 15.3. The van der Waals surface area contributed by atoms with Crippen molar-refractivity contribution in [1.29, 1.82) is 0 Å². The molecule has 0 radical (unpaired) electrons. The predicted molar refractivity (Wildman–Crippen MR) is 84.2 cm³/mol. The lowest BCUT2D eigenvalue weighted by atomic mass is 10.2. The lowest BCUT2D eigenvalue weighted by Gasteiger charge is -2.26. The van der Waals surface area contributed by atoms with E-state index in [9.17, 15) is 14.0 Å². The van der Waals surface area contributed by atoms with E-state index in [1.165, 1.54) is 15.9 Å². The number of amides is 2.